The molecule has 1 atom stereocenters. The van der Waals surface area contributed by atoms with E-state index in [9.17, 15) is 8.42 Å². The van der Waals surface area contributed by atoms with E-state index in [4.69, 9.17) is 0 Å². The second kappa shape index (κ2) is 5.31. The van der Waals surface area contributed by atoms with Crippen LogP contribution in [-0.2, 0) is 16.4 Å². The Kier molecular flexibility index (Phi) is 3.67. The van der Waals surface area contributed by atoms with E-state index in [1.807, 2.05) is 12.1 Å². The Balaban J connectivity index is 1.84. The molecule has 0 amide bonds. The molecule has 1 aliphatic rings. The van der Waals surface area contributed by atoms with Gasteiger partial charge < -0.3 is 5.32 Å². The number of hydrogen-bond acceptors (Lipinski definition) is 4. The predicted octanol–water partition coefficient (Wildman–Crippen LogP) is 3.06. The van der Waals surface area contributed by atoms with Gasteiger partial charge in [-0.2, -0.15) is 11.3 Å². The molecule has 1 unspecified atom stereocenters. The van der Waals surface area contributed by atoms with Gasteiger partial charge in [0.15, 0.2) is 9.84 Å². The van der Waals surface area contributed by atoms with E-state index in [1.54, 1.807) is 23.5 Å². The van der Waals surface area contributed by atoms with Gasteiger partial charge >= 0.3 is 0 Å². The number of rotatable bonds is 3. The van der Waals surface area contributed by atoms with Gasteiger partial charge in [-0.3, -0.25) is 0 Å². The molecule has 1 aliphatic heterocycles. The molecule has 2 heterocycles. The summed E-state index contributed by atoms with van der Waals surface area (Å²) in [5.41, 5.74) is 3.49. The maximum Gasteiger partial charge on any atom is 0.178 e. The number of thiophene rings is 1. The first-order chi connectivity index (χ1) is 9.58. The fourth-order valence-corrected chi connectivity index (χ4v) is 5.08. The molecule has 0 fully saturated rings. The highest BCUT2D eigenvalue weighted by Crippen LogP contribution is 2.32. The van der Waals surface area contributed by atoms with Crippen molar-refractivity contribution in [3.8, 4) is 0 Å². The van der Waals surface area contributed by atoms with Crippen LogP contribution in [0.4, 0.5) is 0 Å². The monoisotopic (exact) mass is 307 g/mol. The number of hydrogen-bond donors (Lipinski definition) is 1. The van der Waals surface area contributed by atoms with Crippen LogP contribution in [0.15, 0.2) is 39.9 Å². The summed E-state index contributed by atoms with van der Waals surface area (Å²) in [6, 6.07) is 7.46. The van der Waals surface area contributed by atoms with Crippen LogP contribution in [0.3, 0.4) is 0 Å². The van der Waals surface area contributed by atoms with Crippen molar-refractivity contribution in [3.63, 3.8) is 0 Å². The van der Waals surface area contributed by atoms with Crippen molar-refractivity contribution in [2.45, 2.75) is 30.8 Å². The van der Waals surface area contributed by atoms with Gasteiger partial charge in [0.1, 0.15) is 0 Å². The average molecular weight is 307 g/mol. The van der Waals surface area contributed by atoms with Crippen molar-refractivity contribution in [2.75, 3.05) is 5.75 Å². The third-order valence-electron chi connectivity index (χ3n) is 3.81. The van der Waals surface area contributed by atoms with Crippen LogP contribution in [0.5, 0.6) is 0 Å². The van der Waals surface area contributed by atoms with Crippen LogP contribution in [0, 0.1) is 6.92 Å². The maximum absolute atomic E-state index is 12.1. The fourth-order valence-electron chi connectivity index (χ4n) is 2.60. The molecule has 0 aliphatic carbocycles. The van der Waals surface area contributed by atoms with Gasteiger partial charge in [0.05, 0.1) is 10.6 Å². The van der Waals surface area contributed by atoms with Crippen molar-refractivity contribution >= 4 is 21.2 Å². The molecular formula is C15H17NO2S2. The zero-order valence-corrected chi connectivity index (χ0v) is 12.9. The highest BCUT2D eigenvalue weighted by molar-refractivity contribution is 7.91. The van der Waals surface area contributed by atoms with Crippen LogP contribution >= 0.6 is 11.3 Å². The summed E-state index contributed by atoms with van der Waals surface area (Å²) in [4.78, 5) is 0.491. The molecule has 1 aromatic carbocycles. The third-order valence-corrected chi connectivity index (χ3v) is 6.53. The Labute approximate surface area is 123 Å². The molecule has 0 bridgehead atoms. The molecule has 1 N–H and O–H groups in total. The molecule has 2 aromatic rings. The summed E-state index contributed by atoms with van der Waals surface area (Å²) >= 11 is 1.70. The van der Waals surface area contributed by atoms with Gasteiger partial charge in [-0.05, 0) is 46.9 Å². The maximum atomic E-state index is 12.1. The second-order valence-corrected chi connectivity index (χ2v) is 7.98. The Morgan fingerprint density at radius 1 is 1.30 bits per heavy atom. The van der Waals surface area contributed by atoms with E-state index in [0.717, 1.165) is 12.1 Å². The quantitative estimate of drug-likeness (QED) is 0.948. The molecule has 5 heteroatoms. The first-order valence-corrected chi connectivity index (χ1v) is 9.24. The largest absolute Gasteiger partial charge is 0.306 e. The Morgan fingerprint density at radius 2 is 2.10 bits per heavy atom. The summed E-state index contributed by atoms with van der Waals surface area (Å²) in [6.45, 7) is 2.89. The molecule has 0 radical (unpaired) electrons. The smallest absolute Gasteiger partial charge is 0.178 e. The van der Waals surface area contributed by atoms with E-state index in [1.165, 1.54) is 11.1 Å². The first kappa shape index (κ1) is 13.8. The number of benzene rings is 1. The van der Waals surface area contributed by atoms with E-state index < -0.39 is 9.84 Å². The van der Waals surface area contributed by atoms with E-state index in [2.05, 4.69) is 23.0 Å². The normalized spacial score (nSPS) is 20.6. The first-order valence-electron chi connectivity index (χ1n) is 6.64. The predicted molar refractivity (Wildman–Crippen MR) is 81.7 cm³/mol. The van der Waals surface area contributed by atoms with Crippen LogP contribution in [0.25, 0.3) is 0 Å². The summed E-state index contributed by atoms with van der Waals surface area (Å²) in [7, 11) is -3.09. The molecule has 1 aromatic heterocycles. The van der Waals surface area contributed by atoms with Crippen molar-refractivity contribution < 1.29 is 8.42 Å². The Bertz CT molecular complexity index is 719. The molecular weight excluding hydrogens is 290 g/mol. The second-order valence-electron chi connectivity index (χ2n) is 5.16. The summed E-state index contributed by atoms with van der Waals surface area (Å²) in [5, 5.41) is 7.78. The lowest BCUT2D eigenvalue weighted by molar-refractivity contribution is 0.491. The van der Waals surface area contributed by atoms with Crippen molar-refractivity contribution in [3.05, 3.63) is 51.7 Å². The minimum atomic E-state index is -3.09. The van der Waals surface area contributed by atoms with Gasteiger partial charge in [-0.1, -0.05) is 18.2 Å². The van der Waals surface area contributed by atoms with Gasteiger partial charge in [-0.25, -0.2) is 8.42 Å². The van der Waals surface area contributed by atoms with Crippen molar-refractivity contribution in [1.82, 2.24) is 5.32 Å². The van der Waals surface area contributed by atoms with Crippen LogP contribution in [0.1, 0.15) is 29.2 Å². The molecule has 106 valence electrons. The summed E-state index contributed by atoms with van der Waals surface area (Å²) < 4.78 is 24.2. The zero-order chi connectivity index (χ0) is 14.2. The number of aryl methyl sites for hydroxylation is 1. The van der Waals surface area contributed by atoms with E-state index in [0.29, 0.717) is 11.3 Å². The van der Waals surface area contributed by atoms with Crippen LogP contribution < -0.4 is 5.32 Å². The lowest BCUT2D eigenvalue weighted by atomic mass is 10.0. The van der Waals surface area contributed by atoms with E-state index >= 15 is 0 Å². The van der Waals surface area contributed by atoms with Gasteiger partial charge in [0, 0.05) is 12.6 Å². The number of fused-ring (bicyclic) bond motifs is 1. The van der Waals surface area contributed by atoms with Crippen LogP contribution in [-0.4, -0.2) is 14.2 Å². The average Bonchev–Trinajstić information content (AvgIpc) is 2.84. The van der Waals surface area contributed by atoms with E-state index in [-0.39, 0.29) is 11.8 Å². The summed E-state index contributed by atoms with van der Waals surface area (Å²) in [5.74, 6) is 0.226. The van der Waals surface area contributed by atoms with Gasteiger partial charge in [0.2, 0.25) is 0 Å². The Hall–Kier alpha value is -1.17. The topological polar surface area (TPSA) is 46.2 Å². The Morgan fingerprint density at radius 3 is 2.85 bits per heavy atom. The fraction of sp³-hybridized carbons (Fsp3) is 0.333. The minimum Gasteiger partial charge on any atom is -0.306 e. The molecule has 0 saturated carbocycles. The van der Waals surface area contributed by atoms with Gasteiger partial charge in [0.25, 0.3) is 0 Å². The SMILES string of the molecule is Cc1cscc1CNC1CCS(=O)(=O)c2ccccc21. The highest BCUT2D eigenvalue weighted by atomic mass is 32.2. The molecule has 3 rings (SSSR count). The number of nitrogens with one attached hydrogen (secondary N) is 1. The van der Waals surface area contributed by atoms with Gasteiger partial charge in [-0.15, -0.1) is 0 Å². The standard InChI is InChI=1S/C15H17NO2S2/c1-11-9-19-10-12(11)8-16-14-6-7-20(17,18)15-5-3-2-4-13(14)15/h2-5,9-10,14,16H,6-8H2,1H3. The minimum absolute atomic E-state index is 0.119. The highest BCUT2D eigenvalue weighted by Gasteiger charge is 2.29. The van der Waals surface area contributed by atoms with Crippen molar-refractivity contribution in [2.24, 2.45) is 0 Å². The molecule has 20 heavy (non-hydrogen) atoms. The lowest BCUT2D eigenvalue weighted by Crippen LogP contribution is -2.29. The molecule has 0 saturated heterocycles. The molecule has 0 spiro atoms. The van der Waals surface area contributed by atoms with Crippen LogP contribution in [0.2, 0.25) is 0 Å². The molecule has 3 nitrogen and oxygen atoms in total. The zero-order valence-electron chi connectivity index (χ0n) is 11.3. The van der Waals surface area contributed by atoms with Crippen molar-refractivity contribution in [1.29, 1.82) is 0 Å². The number of sulfone groups is 1. The summed E-state index contributed by atoms with van der Waals surface area (Å²) in [6.07, 6.45) is 0.641. The third kappa shape index (κ3) is 2.53. The lowest BCUT2D eigenvalue weighted by Gasteiger charge is -2.26.